The lowest BCUT2D eigenvalue weighted by molar-refractivity contribution is -0.396. The maximum atomic E-state index is 13.6. The third kappa shape index (κ3) is 20.8. The summed E-state index contributed by atoms with van der Waals surface area (Å²) in [6, 6.07) is -6.08. The van der Waals surface area contributed by atoms with Crippen LogP contribution in [0.2, 0.25) is 0 Å². The van der Waals surface area contributed by atoms with Gasteiger partial charge in [-0.2, -0.15) is 0 Å². The summed E-state index contributed by atoms with van der Waals surface area (Å²) in [5, 5.41) is 306. The second kappa shape index (κ2) is 41.8. The highest BCUT2D eigenvalue weighted by Gasteiger charge is 2.62. The van der Waals surface area contributed by atoms with E-state index in [-0.39, 0.29) is 0 Å². The molecule has 0 radical (unpaired) electrons. The number of carbonyl (C=O) groups is 3. The Morgan fingerprint density at radius 3 is 0.907 bits per heavy atom. The SMILES string of the molecule is CC(=O)N[C@H]1[C@H](O[C@H]2[C@@H](O)[C@@H](CO)O[C@@H](O[C@H]3[C@H](O)[C@@H](O)[C@H](O)O[C@@H]3CO)[C@@H]2O)O[C@H](CO)[C@@H](O[C@@H]2O[C@H](CO[C@@H]3O[C@H](CO)[C@@H](O[C@@H]4O[C@H](CO)[C@H](O)[C@H](O)[C@H]4O)[C@H](O[C@@H]4O[C@@H](C)[C@@H](O)[C@@H](O)[C@@H]4O)[C@H]3NC(C)=O)[C@H](O)[C@H](O[C@@H]3O[C@H](CO)[C@@H](O[C@@H]4O[C@H](CO)[C@H](O)[C@H](O)[C@H]4O)[C@H](O[C@@H]4O[C@@H](C)[C@@H](O)[C@@H](O)[C@@H]4O)[C@H]3NC(C)=O)[C@H]2O)[C@@H]1O. The van der Waals surface area contributed by atoms with Crippen LogP contribution in [-0.2, 0) is 104 Å². The first kappa shape index (κ1) is 96.8. The van der Waals surface area contributed by atoms with Crippen LogP contribution in [0, 0.1) is 0 Å². The third-order valence-corrected chi connectivity index (χ3v) is 22.0. The average Bonchev–Trinajstić information content (AvgIpc) is 0.758. The predicted octanol–water partition coefficient (Wildman–Crippen LogP) is -20.3. The summed E-state index contributed by atoms with van der Waals surface area (Å²) < 4.78 is 114. The molecule has 0 unspecified atom stereocenters. The minimum Gasteiger partial charge on any atom is -0.394 e. The van der Waals surface area contributed by atoms with Crippen molar-refractivity contribution in [2.45, 2.75) is 341 Å². The van der Waals surface area contributed by atoms with Gasteiger partial charge in [0.2, 0.25) is 17.7 Å². The fourth-order valence-corrected chi connectivity index (χ4v) is 15.4. The first-order valence-corrected chi connectivity index (χ1v) is 37.9. The number of ether oxygens (including phenoxy) is 19. The summed E-state index contributed by atoms with van der Waals surface area (Å²) in [7, 11) is 0. The second-order valence-electron chi connectivity index (χ2n) is 30.2. The number of hydrogen-bond donors (Lipinski definition) is 30. The lowest BCUT2D eigenvalue weighted by Gasteiger charge is -2.52. The number of aliphatic hydroxyl groups is 27. The van der Waals surface area contributed by atoms with E-state index in [0.717, 1.165) is 20.8 Å². The number of rotatable bonds is 29. The number of aliphatic hydroxyl groups excluding tert-OH is 27. The number of nitrogens with one attached hydrogen (secondary N) is 3. The smallest absolute Gasteiger partial charge is 0.217 e. The Balaban J connectivity index is 1.03. The molecule has 10 aliphatic heterocycles. The van der Waals surface area contributed by atoms with Crippen LogP contribution in [0.15, 0.2) is 0 Å². The van der Waals surface area contributed by atoms with Crippen molar-refractivity contribution in [1.82, 2.24) is 16.0 Å². The average molecular weight is 1730 g/mol. The van der Waals surface area contributed by atoms with Crippen molar-refractivity contribution in [2.24, 2.45) is 0 Å². The molecule has 684 valence electrons. The Morgan fingerprint density at radius 2 is 0.508 bits per heavy atom. The molecule has 50 atom stereocenters. The van der Waals surface area contributed by atoms with Gasteiger partial charge in [0.05, 0.1) is 65.1 Å². The van der Waals surface area contributed by atoms with Crippen LogP contribution in [0.25, 0.3) is 0 Å². The molecular formula is C66H111N3O49. The zero-order valence-corrected chi connectivity index (χ0v) is 63.6. The highest BCUT2D eigenvalue weighted by Crippen LogP contribution is 2.41. The highest BCUT2D eigenvalue weighted by atomic mass is 16.8. The monoisotopic (exact) mass is 1730 g/mol. The van der Waals surface area contributed by atoms with Gasteiger partial charge in [-0.15, -0.1) is 0 Å². The molecule has 3 amide bonds. The first-order valence-electron chi connectivity index (χ1n) is 37.9. The van der Waals surface area contributed by atoms with Crippen LogP contribution < -0.4 is 16.0 Å². The van der Waals surface area contributed by atoms with Crippen molar-refractivity contribution in [3.05, 3.63) is 0 Å². The molecule has 0 aromatic carbocycles. The van der Waals surface area contributed by atoms with Crippen molar-refractivity contribution < 1.29 is 242 Å². The van der Waals surface area contributed by atoms with Crippen LogP contribution in [0.1, 0.15) is 34.6 Å². The van der Waals surface area contributed by atoms with E-state index >= 15 is 0 Å². The molecule has 10 fully saturated rings. The second-order valence-corrected chi connectivity index (χ2v) is 30.2. The number of hydrogen-bond acceptors (Lipinski definition) is 49. The fraction of sp³-hybridized carbons (Fsp3) is 0.955. The standard InChI is InChI=1S/C66H111N3O49/c1-14-30(80)37(87)43(93)61(101-14)115-53-28(68-17(4)78)58(107-24(11-75)51(53)113-63-45(95)39(89)32(82)19(6-70)104-63)100-13-26-35(85)56(118-60-29(69-18(5)79)54(116-62-44(94)38(88)31(81)15(2)102-62)52(25(12-76)109-60)114-64-46(96)40(90)33(83)20(7-71)105-64)48(98)66(110-26)111-49-23(10-74)108-59(27(36(49)86)67-16(3)77)117-55-34(84)21(8-72)106-65(47(55)97)112-50-22(9-73)103-57(99)42(92)41(50)91/h14-15,19-66,70-76,80-99H,6-13H2,1-5H3,(H,67,77)(H,68,78)(H,69,79)/t14-,15-,19+,20+,21+,22+,23+,24+,25+,26+,27+,28+,29+,30+,31+,32-,33-,34-,35-,36+,37+,38+,39-,40-,41+,42+,43-,44-,45+,46+,47+,48+,49+,50+,51+,52+,53+,54+,55-,56-,57+,58+,59-,60-,61-,62-,63-,64-,65-,66-/m0/s1. The van der Waals surface area contributed by atoms with Crippen LogP contribution in [0.4, 0.5) is 0 Å². The summed E-state index contributed by atoms with van der Waals surface area (Å²) in [5.41, 5.74) is 0. The van der Waals surface area contributed by atoms with Crippen molar-refractivity contribution in [3.8, 4) is 0 Å². The van der Waals surface area contributed by atoms with E-state index in [1.807, 2.05) is 0 Å². The molecule has 10 aliphatic rings. The van der Waals surface area contributed by atoms with Crippen molar-refractivity contribution >= 4 is 17.7 Å². The lowest BCUT2D eigenvalue weighted by atomic mass is 9.93. The van der Waals surface area contributed by atoms with Crippen LogP contribution >= 0.6 is 0 Å². The summed E-state index contributed by atoms with van der Waals surface area (Å²) in [6.07, 6.45) is -97.1. The molecule has 0 bridgehead atoms. The molecule has 10 heterocycles. The van der Waals surface area contributed by atoms with Gasteiger partial charge in [-0.1, -0.05) is 0 Å². The first-order chi connectivity index (χ1) is 55.8. The van der Waals surface area contributed by atoms with Gasteiger partial charge < -0.3 is 244 Å². The van der Waals surface area contributed by atoms with Crippen molar-refractivity contribution in [3.63, 3.8) is 0 Å². The van der Waals surface area contributed by atoms with Gasteiger partial charge >= 0.3 is 0 Å². The molecular weight excluding hydrogens is 1620 g/mol. The number of amides is 3. The fourth-order valence-electron chi connectivity index (χ4n) is 15.4. The lowest BCUT2D eigenvalue weighted by Crippen LogP contribution is -2.72. The molecule has 52 heteroatoms. The minimum absolute atomic E-state index is 0.904. The summed E-state index contributed by atoms with van der Waals surface area (Å²) in [4.78, 5) is 40.3. The molecule has 0 aromatic heterocycles. The van der Waals surface area contributed by atoms with Gasteiger partial charge in [0.25, 0.3) is 0 Å². The largest absolute Gasteiger partial charge is 0.394 e. The number of carbonyl (C=O) groups excluding carboxylic acids is 3. The van der Waals surface area contributed by atoms with Gasteiger partial charge in [-0.3, -0.25) is 14.4 Å². The van der Waals surface area contributed by atoms with Gasteiger partial charge in [0, 0.05) is 20.8 Å². The summed E-state index contributed by atoms with van der Waals surface area (Å²) in [6.45, 7) is -3.82. The van der Waals surface area contributed by atoms with E-state index in [0.29, 0.717) is 0 Å². The maximum Gasteiger partial charge on any atom is 0.217 e. The van der Waals surface area contributed by atoms with Crippen molar-refractivity contribution in [2.75, 3.05) is 52.9 Å². The zero-order valence-electron chi connectivity index (χ0n) is 63.6. The quantitative estimate of drug-likeness (QED) is 0.0331. The van der Waals surface area contributed by atoms with Crippen LogP contribution in [-0.4, -0.2) is 515 Å². The van der Waals surface area contributed by atoms with Gasteiger partial charge in [-0.25, -0.2) is 0 Å². The normalized spacial score (nSPS) is 51.1. The maximum absolute atomic E-state index is 13.6. The summed E-state index contributed by atoms with van der Waals surface area (Å²) in [5.74, 6) is -3.02. The predicted molar refractivity (Wildman–Crippen MR) is 362 cm³/mol. The van der Waals surface area contributed by atoms with Gasteiger partial charge in [0.1, 0.15) is 232 Å². The minimum atomic E-state index is -2.61. The van der Waals surface area contributed by atoms with E-state index in [2.05, 4.69) is 16.0 Å². The zero-order chi connectivity index (χ0) is 86.8. The van der Waals surface area contributed by atoms with E-state index in [9.17, 15) is 152 Å². The molecule has 0 aliphatic carbocycles. The Bertz CT molecular complexity index is 3140. The Kier molecular flexibility index (Phi) is 34.3. The van der Waals surface area contributed by atoms with Crippen LogP contribution in [0.5, 0.6) is 0 Å². The Labute approximate surface area is 668 Å². The molecule has 10 saturated heterocycles. The van der Waals surface area contributed by atoms with E-state index in [1.165, 1.54) is 13.8 Å². The molecule has 10 rings (SSSR count). The van der Waals surface area contributed by atoms with Gasteiger partial charge in [-0.05, 0) is 13.8 Å². The third-order valence-electron chi connectivity index (χ3n) is 22.0. The van der Waals surface area contributed by atoms with E-state index < -0.39 is 377 Å². The highest BCUT2D eigenvalue weighted by molar-refractivity contribution is 5.74. The molecule has 0 saturated carbocycles. The van der Waals surface area contributed by atoms with Crippen LogP contribution in [0.3, 0.4) is 0 Å². The topological polar surface area (TPSA) is 809 Å². The Hall–Kier alpha value is -3.43. The molecule has 0 aromatic rings. The van der Waals surface area contributed by atoms with Crippen molar-refractivity contribution in [1.29, 1.82) is 0 Å². The molecule has 52 nitrogen and oxygen atoms in total. The molecule has 30 N–H and O–H groups in total. The van der Waals surface area contributed by atoms with E-state index in [4.69, 9.17) is 90.0 Å². The Morgan fingerprint density at radius 1 is 0.237 bits per heavy atom. The molecule has 118 heavy (non-hydrogen) atoms. The molecule has 0 spiro atoms. The van der Waals surface area contributed by atoms with E-state index in [1.54, 1.807) is 0 Å². The summed E-state index contributed by atoms with van der Waals surface area (Å²) >= 11 is 0. The van der Waals surface area contributed by atoms with Gasteiger partial charge in [0.15, 0.2) is 62.9 Å².